The van der Waals surface area contributed by atoms with Crippen LogP contribution < -0.4 is 10.6 Å². The van der Waals surface area contributed by atoms with Gasteiger partial charge in [-0.25, -0.2) is 14.4 Å². The van der Waals surface area contributed by atoms with E-state index in [0.29, 0.717) is 53.6 Å². The summed E-state index contributed by atoms with van der Waals surface area (Å²) < 4.78 is 20.0. The Balaban J connectivity index is 1.31. The van der Waals surface area contributed by atoms with E-state index in [1.165, 1.54) is 12.4 Å². The van der Waals surface area contributed by atoms with Crippen LogP contribution in [0.25, 0.3) is 10.9 Å². The van der Waals surface area contributed by atoms with E-state index in [1.807, 2.05) is 12.1 Å². The van der Waals surface area contributed by atoms with Gasteiger partial charge < -0.3 is 20.3 Å². The molecule has 1 amide bonds. The highest BCUT2D eigenvalue weighted by Crippen LogP contribution is 2.57. The van der Waals surface area contributed by atoms with Crippen LogP contribution in [-0.2, 0) is 9.53 Å². The van der Waals surface area contributed by atoms with E-state index in [9.17, 15) is 9.18 Å². The number of hydrogen-bond donors (Lipinski definition) is 2. The summed E-state index contributed by atoms with van der Waals surface area (Å²) in [7, 11) is 2.12. The number of piperidine rings is 1. The van der Waals surface area contributed by atoms with E-state index in [1.54, 1.807) is 24.3 Å². The first-order valence-electron chi connectivity index (χ1n) is 13.4. The number of benzene rings is 2. The molecule has 40 heavy (non-hydrogen) atoms. The molecule has 6 rings (SSSR count). The van der Waals surface area contributed by atoms with Gasteiger partial charge in [0.1, 0.15) is 12.1 Å². The number of aromatic nitrogens is 2. The fraction of sp³-hybridized carbons (Fsp3) is 0.367. The number of carbonyl (C=O) groups is 1. The minimum atomic E-state index is -0.572. The van der Waals surface area contributed by atoms with Gasteiger partial charge in [-0.1, -0.05) is 35.6 Å². The molecule has 10 heteroatoms. The number of morpholine rings is 1. The normalized spacial score (nSPS) is 22.6. The molecule has 1 saturated carbocycles. The van der Waals surface area contributed by atoms with Crippen molar-refractivity contribution in [2.45, 2.75) is 6.42 Å². The maximum absolute atomic E-state index is 14.6. The third-order valence-electron chi connectivity index (χ3n) is 7.74. The van der Waals surface area contributed by atoms with Crippen molar-refractivity contribution in [3.05, 3.63) is 65.2 Å². The van der Waals surface area contributed by atoms with Crippen LogP contribution in [0.4, 0.5) is 21.6 Å². The lowest BCUT2D eigenvalue weighted by molar-refractivity contribution is -0.111. The van der Waals surface area contributed by atoms with E-state index < -0.39 is 5.82 Å². The zero-order valence-electron chi connectivity index (χ0n) is 22.2. The molecule has 2 saturated heterocycles. The lowest BCUT2D eigenvalue weighted by Gasteiger charge is -2.25. The number of halogens is 2. The summed E-state index contributed by atoms with van der Waals surface area (Å²) in [6.45, 7) is 5.78. The van der Waals surface area contributed by atoms with Crippen LogP contribution in [0, 0.1) is 29.0 Å². The first kappa shape index (κ1) is 26.7. The van der Waals surface area contributed by atoms with Crippen molar-refractivity contribution in [2.24, 2.45) is 11.3 Å². The zero-order chi connectivity index (χ0) is 27.7. The van der Waals surface area contributed by atoms with Gasteiger partial charge in [-0.3, -0.25) is 9.69 Å². The molecule has 1 aromatic heterocycles. The van der Waals surface area contributed by atoms with Crippen molar-refractivity contribution in [1.82, 2.24) is 19.8 Å². The van der Waals surface area contributed by atoms with Crippen molar-refractivity contribution < 1.29 is 13.9 Å². The minimum absolute atomic E-state index is 0.00746. The van der Waals surface area contributed by atoms with E-state index >= 15 is 0 Å². The maximum Gasteiger partial charge on any atom is 0.248 e. The van der Waals surface area contributed by atoms with Crippen LogP contribution in [0.1, 0.15) is 12.0 Å². The lowest BCUT2D eigenvalue weighted by Crippen LogP contribution is -2.36. The monoisotopic (exact) mass is 560 g/mol. The van der Waals surface area contributed by atoms with Crippen LogP contribution in [0.15, 0.2) is 48.8 Å². The highest BCUT2D eigenvalue weighted by molar-refractivity contribution is 6.31. The van der Waals surface area contributed by atoms with Gasteiger partial charge >= 0.3 is 0 Å². The number of hydrogen-bond acceptors (Lipinski definition) is 7. The SMILES string of the molecule is CN1CC2CC2(C#Cc2cc3ncnc(Nc4cccc(Cl)c4F)c3cc2NC(=O)/C=C/CN2CCOCC2)C1. The fourth-order valence-corrected chi connectivity index (χ4v) is 5.70. The number of amides is 1. The number of carbonyl (C=O) groups excluding carboxylic acids is 1. The summed E-state index contributed by atoms with van der Waals surface area (Å²) in [6, 6.07) is 8.37. The van der Waals surface area contributed by atoms with Crippen LogP contribution in [-0.4, -0.2) is 78.7 Å². The smallest absolute Gasteiger partial charge is 0.248 e. The van der Waals surface area contributed by atoms with Gasteiger partial charge in [0.05, 0.1) is 40.7 Å². The van der Waals surface area contributed by atoms with Crippen LogP contribution >= 0.6 is 11.6 Å². The van der Waals surface area contributed by atoms with Gasteiger partial charge in [0.25, 0.3) is 0 Å². The molecule has 2 atom stereocenters. The van der Waals surface area contributed by atoms with E-state index in [4.69, 9.17) is 16.3 Å². The molecule has 3 aromatic rings. The molecule has 3 aliphatic rings. The highest BCUT2D eigenvalue weighted by atomic mass is 35.5. The van der Waals surface area contributed by atoms with E-state index in [0.717, 1.165) is 32.6 Å². The second kappa shape index (κ2) is 11.1. The van der Waals surface area contributed by atoms with Crippen molar-refractivity contribution in [3.63, 3.8) is 0 Å². The van der Waals surface area contributed by atoms with Crippen LogP contribution in [0.2, 0.25) is 5.02 Å². The second-order valence-corrected chi connectivity index (χ2v) is 11.1. The van der Waals surface area contributed by atoms with E-state index in [2.05, 4.69) is 49.3 Å². The maximum atomic E-state index is 14.6. The molecular formula is C30H30ClFN6O2. The topological polar surface area (TPSA) is 82.6 Å². The molecule has 206 valence electrons. The summed E-state index contributed by atoms with van der Waals surface area (Å²) in [6.07, 6.45) is 5.91. The molecule has 1 aliphatic carbocycles. The number of ether oxygens (including phenoxy) is 1. The molecule has 3 heterocycles. The van der Waals surface area contributed by atoms with Gasteiger partial charge in [0, 0.05) is 49.6 Å². The average Bonchev–Trinajstić information content (AvgIpc) is 3.51. The van der Waals surface area contributed by atoms with Crippen LogP contribution in [0.5, 0.6) is 0 Å². The molecule has 2 unspecified atom stereocenters. The summed E-state index contributed by atoms with van der Waals surface area (Å²) in [5.41, 5.74) is 2.06. The molecule has 8 nitrogen and oxygen atoms in total. The minimum Gasteiger partial charge on any atom is -0.379 e. The van der Waals surface area contributed by atoms with Gasteiger partial charge in [0.2, 0.25) is 5.91 Å². The second-order valence-electron chi connectivity index (χ2n) is 10.7. The summed E-state index contributed by atoms with van der Waals surface area (Å²) in [5.74, 6) is 7.02. The Morgan fingerprint density at radius 3 is 2.92 bits per heavy atom. The summed E-state index contributed by atoms with van der Waals surface area (Å²) in [4.78, 5) is 26.3. The quantitative estimate of drug-likeness (QED) is 0.344. The largest absolute Gasteiger partial charge is 0.379 e. The molecule has 0 spiro atoms. The Labute approximate surface area is 237 Å². The fourth-order valence-electron chi connectivity index (χ4n) is 5.52. The van der Waals surface area contributed by atoms with Gasteiger partial charge in [-0.05, 0) is 43.7 Å². The third kappa shape index (κ3) is 5.67. The molecule has 2 aliphatic heterocycles. The molecule has 0 bridgehead atoms. The third-order valence-corrected chi connectivity index (χ3v) is 8.03. The standard InChI is InChI=1S/C30H30ClFN6O2/c1-37-17-21-16-30(21,18-37)8-7-20-14-26-22(29(34-19-33-26)36-24-5-2-4-23(31)28(24)32)15-25(20)35-27(39)6-3-9-38-10-12-40-13-11-38/h2-6,14-15,19,21H,9-13,16-18H2,1H3,(H,35,39)(H,33,34,36)/b6-3+. The number of nitrogens with one attached hydrogen (secondary N) is 2. The first-order valence-corrected chi connectivity index (χ1v) is 13.8. The summed E-state index contributed by atoms with van der Waals surface area (Å²) in [5, 5.41) is 6.65. The number of rotatable bonds is 6. The number of nitrogens with zero attached hydrogens (tertiary/aromatic N) is 4. The molecule has 2 aromatic carbocycles. The molecule has 3 fully saturated rings. The Morgan fingerprint density at radius 1 is 1.27 bits per heavy atom. The first-order chi connectivity index (χ1) is 19.4. The van der Waals surface area contributed by atoms with Gasteiger partial charge in [-0.15, -0.1) is 0 Å². The zero-order valence-corrected chi connectivity index (χ0v) is 23.0. The van der Waals surface area contributed by atoms with E-state index in [-0.39, 0.29) is 22.0 Å². The Bertz CT molecular complexity index is 1550. The highest BCUT2D eigenvalue weighted by Gasteiger charge is 2.58. The molecular weight excluding hydrogens is 531 g/mol. The number of fused-ring (bicyclic) bond motifs is 2. The van der Waals surface area contributed by atoms with Gasteiger partial charge in [-0.2, -0.15) is 0 Å². The summed E-state index contributed by atoms with van der Waals surface area (Å²) >= 11 is 5.98. The van der Waals surface area contributed by atoms with Crippen molar-refractivity contribution in [2.75, 3.05) is 63.6 Å². The molecule has 0 radical (unpaired) electrons. The van der Waals surface area contributed by atoms with Gasteiger partial charge in [0.15, 0.2) is 5.82 Å². The van der Waals surface area contributed by atoms with Crippen molar-refractivity contribution in [1.29, 1.82) is 0 Å². The predicted octanol–water partition coefficient (Wildman–Crippen LogP) is 4.30. The molecule has 2 N–H and O–H groups in total. The van der Waals surface area contributed by atoms with Crippen molar-refractivity contribution >= 4 is 45.6 Å². The Kier molecular flexibility index (Phi) is 7.43. The van der Waals surface area contributed by atoms with Crippen LogP contribution in [0.3, 0.4) is 0 Å². The number of anilines is 3. The number of likely N-dealkylation sites (tertiary alicyclic amines) is 1. The predicted molar refractivity (Wildman–Crippen MR) is 154 cm³/mol. The Morgan fingerprint density at radius 2 is 2.12 bits per heavy atom. The van der Waals surface area contributed by atoms with Crippen molar-refractivity contribution in [3.8, 4) is 11.8 Å². The Hall–Kier alpha value is -3.55. The lowest BCUT2D eigenvalue weighted by atomic mass is 10.0. The average molecular weight is 561 g/mol.